The van der Waals surface area contributed by atoms with Gasteiger partial charge in [-0.05, 0) is 18.2 Å². The molecule has 0 saturated carbocycles. The quantitative estimate of drug-likeness (QED) is 0.438. The number of rotatable bonds is 4. The number of hydrogen-bond donors (Lipinski definition) is 3. The fraction of sp³-hybridized carbons (Fsp3) is 0.136. The van der Waals surface area contributed by atoms with E-state index in [1.54, 1.807) is 24.4 Å². The van der Waals surface area contributed by atoms with E-state index in [0.29, 0.717) is 63.0 Å². The SMILES string of the molecule is COc1c(Cl)cccc1Nc1c(-c2ccnc3cc(F)cnc23)[nH]c2c1C(=O)NCC2. The first-order valence-electron chi connectivity index (χ1n) is 9.60. The zero-order valence-electron chi connectivity index (χ0n) is 16.4. The van der Waals surface area contributed by atoms with Gasteiger partial charge in [0.15, 0.2) is 5.75 Å². The van der Waals surface area contributed by atoms with Crippen LogP contribution < -0.4 is 15.4 Å². The van der Waals surface area contributed by atoms with Gasteiger partial charge in [-0.25, -0.2) is 4.39 Å². The average molecular weight is 438 g/mol. The number of anilines is 2. The summed E-state index contributed by atoms with van der Waals surface area (Å²) in [6.07, 6.45) is 3.38. The molecule has 3 N–H and O–H groups in total. The van der Waals surface area contributed by atoms with Crippen molar-refractivity contribution in [1.29, 1.82) is 0 Å². The van der Waals surface area contributed by atoms with Gasteiger partial charge in [0.1, 0.15) is 5.82 Å². The lowest BCUT2D eigenvalue weighted by atomic mass is 10.0. The van der Waals surface area contributed by atoms with Crippen LogP contribution in [0.5, 0.6) is 5.75 Å². The molecule has 7 nitrogen and oxygen atoms in total. The van der Waals surface area contributed by atoms with Crippen LogP contribution in [0.2, 0.25) is 5.02 Å². The van der Waals surface area contributed by atoms with Gasteiger partial charge in [-0.3, -0.25) is 14.8 Å². The number of halogens is 2. The number of amides is 1. The van der Waals surface area contributed by atoms with Crippen molar-refractivity contribution in [3.05, 3.63) is 64.8 Å². The van der Waals surface area contributed by atoms with Gasteiger partial charge >= 0.3 is 0 Å². The number of H-pyrrole nitrogens is 1. The molecule has 1 aliphatic rings. The molecule has 5 rings (SSSR count). The van der Waals surface area contributed by atoms with Crippen LogP contribution in [0.25, 0.3) is 22.3 Å². The molecular formula is C22H17ClFN5O2. The molecule has 3 aromatic heterocycles. The molecular weight excluding hydrogens is 421 g/mol. The Morgan fingerprint density at radius 2 is 2.13 bits per heavy atom. The molecule has 0 atom stereocenters. The van der Waals surface area contributed by atoms with E-state index in [0.717, 1.165) is 11.9 Å². The van der Waals surface area contributed by atoms with Gasteiger partial charge in [-0.1, -0.05) is 17.7 Å². The maximum absolute atomic E-state index is 13.7. The number of aromatic nitrogens is 3. The molecule has 0 saturated heterocycles. The van der Waals surface area contributed by atoms with E-state index in [4.69, 9.17) is 16.3 Å². The second-order valence-corrected chi connectivity index (χ2v) is 7.47. The van der Waals surface area contributed by atoms with E-state index in [1.807, 2.05) is 6.07 Å². The second kappa shape index (κ2) is 7.55. The van der Waals surface area contributed by atoms with Crippen LogP contribution >= 0.6 is 11.6 Å². The summed E-state index contributed by atoms with van der Waals surface area (Å²) in [4.78, 5) is 24.6. The lowest BCUT2D eigenvalue weighted by molar-refractivity contribution is 0.0947. The normalized spacial score (nSPS) is 13.1. The highest BCUT2D eigenvalue weighted by Crippen LogP contribution is 2.41. The first kappa shape index (κ1) is 19.3. The zero-order chi connectivity index (χ0) is 21.5. The minimum atomic E-state index is -0.468. The van der Waals surface area contributed by atoms with Crippen LogP contribution in [0.4, 0.5) is 15.8 Å². The van der Waals surface area contributed by atoms with Crippen molar-refractivity contribution < 1.29 is 13.9 Å². The van der Waals surface area contributed by atoms with E-state index in [-0.39, 0.29) is 5.91 Å². The maximum atomic E-state index is 13.7. The number of nitrogens with one attached hydrogen (secondary N) is 3. The summed E-state index contributed by atoms with van der Waals surface area (Å²) in [6, 6.07) is 8.43. The highest BCUT2D eigenvalue weighted by atomic mass is 35.5. The molecule has 0 spiro atoms. The number of ether oxygens (including phenoxy) is 1. The van der Waals surface area contributed by atoms with Gasteiger partial charge in [0.2, 0.25) is 0 Å². The largest absolute Gasteiger partial charge is 0.493 e. The Balaban J connectivity index is 1.75. The summed E-state index contributed by atoms with van der Waals surface area (Å²) in [6.45, 7) is 0.534. The fourth-order valence-corrected chi connectivity index (χ4v) is 4.11. The zero-order valence-corrected chi connectivity index (χ0v) is 17.2. The first-order chi connectivity index (χ1) is 15.1. The minimum absolute atomic E-state index is 0.190. The summed E-state index contributed by atoms with van der Waals surface area (Å²) in [7, 11) is 1.53. The van der Waals surface area contributed by atoms with E-state index in [2.05, 4.69) is 25.6 Å². The van der Waals surface area contributed by atoms with E-state index in [1.165, 1.54) is 13.2 Å². The van der Waals surface area contributed by atoms with Crippen molar-refractivity contribution in [2.24, 2.45) is 0 Å². The van der Waals surface area contributed by atoms with Crippen molar-refractivity contribution in [3.63, 3.8) is 0 Å². The minimum Gasteiger partial charge on any atom is -0.493 e. The van der Waals surface area contributed by atoms with Crippen molar-refractivity contribution in [2.45, 2.75) is 6.42 Å². The molecule has 4 aromatic rings. The highest BCUT2D eigenvalue weighted by molar-refractivity contribution is 6.32. The number of aromatic amines is 1. The molecule has 0 unspecified atom stereocenters. The molecule has 4 heterocycles. The second-order valence-electron chi connectivity index (χ2n) is 7.06. The fourth-order valence-electron chi connectivity index (χ4n) is 3.86. The number of carbonyl (C=O) groups is 1. The Labute approximate surface area is 181 Å². The van der Waals surface area contributed by atoms with Gasteiger partial charge in [0.05, 0.1) is 52.0 Å². The van der Waals surface area contributed by atoms with Crippen LogP contribution in [0.15, 0.2) is 42.7 Å². The van der Waals surface area contributed by atoms with Gasteiger partial charge < -0.3 is 20.4 Å². The molecule has 1 aromatic carbocycles. The van der Waals surface area contributed by atoms with Crippen LogP contribution in [0.1, 0.15) is 16.1 Å². The number of nitrogens with zero attached hydrogens (tertiary/aromatic N) is 2. The van der Waals surface area contributed by atoms with Crippen LogP contribution in [0.3, 0.4) is 0 Å². The molecule has 9 heteroatoms. The number of benzene rings is 1. The van der Waals surface area contributed by atoms with Gasteiger partial charge in [-0.15, -0.1) is 0 Å². The third-order valence-electron chi connectivity index (χ3n) is 5.21. The molecule has 31 heavy (non-hydrogen) atoms. The number of fused-ring (bicyclic) bond motifs is 2. The Morgan fingerprint density at radius 1 is 1.26 bits per heavy atom. The van der Waals surface area contributed by atoms with Gasteiger partial charge in [0, 0.05) is 36.5 Å². The third kappa shape index (κ3) is 3.25. The monoisotopic (exact) mass is 437 g/mol. The molecule has 0 aliphatic carbocycles. The van der Waals surface area contributed by atoms with Gasteiger partial charge in [0.25, 0.3) is 5.91 Å². The molecule has 0 radical (unpaired) electrons. The molecule has 156 valence electrons. The smallest absolute Gasteiger partial charge is 0.255 e. The number of pyridine rings is 2. The number of methoxy groups -OCH3 is 1. The number of hydrogen-bond acceptors (Lipinski definition) is 5. The molecule has 1 amide bonds. The predicted octanol–water partition coefficient (Wildman–Crippen LogP) is 4.46. The molecule has 1 aliphatic heterocycles. The average Bonchev–Trinajstić information content (AvgIpc) is 3.12. The summed E-state index contributed by atoms with van der Waals surface area (Å²) in [5.41, 5.74) is 4.75. The van der Waals surface area contributed by atoms with Crippen LogP contribution in [0, 0.1) is 5.82 Å². The van der Waals surface area contributed by atoms with Crippen LogP contribution in [-0.4, -0.2) is 34.5 Å². The number of carbonyl (C=O) groups excluding carboxylic acids is 1. The van der Waals surface area contributed by atoms with E-state index in [9.17, 15) is 9.18 Å². The van der Waals surface area contributed by atoms with Crippen molar-refractivity contribution in [3.8, 4) is 17.0 Å². The summed E-state index contributed by atoms with van der Waals surface area (Å²) in [5.74, 6) is -0.199. The first-order valence-corrected chi connectivity index (χ1v) is 9.98. The topological polar surface area (TPSA) is 91.9 Å². The van der Waals surface area contributed by atoms with Crippen molar-refractivity contribution in [1.82, 2.24) is 20.3 Å². The van der Waals surface area contributed by atoms with Crippen molar-refractivity contribution in [2.75, 3.05) is 19.0 Å². The standard InChI is InChI=1S/C22H17ClFN5O2/c1-31-21-13(23)3-2-4-15(21)29-20-17-14(6-8-26-22(17)30)28-19(20)12-5-7-25-16-9-11(24)10-27-18(12)16/h2-5,7,9-10,28-29H,6,8H2,1H3,(H,26,30). The predicted molar refractivity (Wildman–Crippen MR) is 117 cm³/mol. The summed E-state index contributed by atoms with van der Waals surface area (Å²) in [5, 5.41) is 6.64. The highest BCUT2D eigenvalue weighted by Gasteiger charge is 2.28. The third-order valence-corrected chi connectivity index (χ3v) is 5.51. The lowest BCUT2D eigenvalue weighted by Gasteiger charge is -2.17. The Morgan fingerprint density at radius 3 is 2.97 bits per heavy atom. The van der Waals surface area contributed by atoms with Crippen LogP contribution in [-0.2, 0) is 6.42 Å². The van der Waals surface area contributed by atoms with Crippen molar-refractivity contribution >= 4 is 39.9 Å². The van der Waals surface area contributed by atoms with E-state index >= 15 is 0 Å². The Bertz CT molecular complexity index is 1340. The molecule has 0 bridgehead atoms. The van der Waals surface area contributed by atoms with Gasteiger partial charge in [-0.2, -0.15) is 0 Å². The summed E-state index contributed by atoms with van der Waals surface area (Å²) < 4.78 is 19.1. The Hall–Kier alpha value is -3.65. The lowest BCUT2D eigenvalue weighted by Crippen LogP contribution is -2.31. The van der Waals surface area contributed by atoms with E-state index < -0.39 is 5.82 Å². The summed E-state index contributed by atoms with van der Waals surface area (Å²) >= 11 is 6.29. The number of para-hydroxylation sites is 1. The molecule has 0 fully saturated rings. The maximum Gasteiger partial charge on any atom is 0.255 e. The Kier molecular flexibility index (Phi) is 4.71.